The molecular weight excluding hydrogens is 371 g/mol. The van der Waals surface area contributed by atoms with Gasteiger partial charge in [-0.15, -0.1) is 21.5 Å². The van der Waals surface area contributed by atoms with Gasteiger partial charge in [-0.3, -0.25) is 0 Å². The molecule has 5 rings (SSSR count). The number of rotatable bonds is 3. The van der Waals surface area contributed by atoms with Gasteiger partial charge in [-0.05, 0) is 55.1 Å². The maximum absolute atomic E-state index is 13.9. The van der Waals surface area contributed by atoms with Crippen molar-refractivity contribution in [3.63, 3.8) is 0 Å². The zero-order valence-electron chi connectivity index (χ0n) is 13.6. The summed E-state index contributed by atoms with van der Waals surface area (Å²) in [4.78, 5) is 11.3. The van der Waals surface area contributed by atoms with Crippen LogP contribution in [0.2, 0.25) is 0 Å². The highest BCUT2D eigenvalue weighted by molar-refractivity contribution is 7.99. The van der Waals surface area contributed by atoms with Gasteiger partial charge in [0.25, 0.3) is 11.1 Å². The fourth-order valence-electron chi connectivity index (χ4n) is 3.22. The van der Waals surface area contributed by atoms with E-state index in [1.165, 1.54) is 41.1 Å². The number of aryl methyl sites for hydroxylation is 2. The summed E-state index contributed by atoms with van der Waals surface area (Å²) in [6, 6.07) is 6.36. The van der Waals surface area contributed by atoms with Crippen LogP contribution in [0.1, 0.15) is 23.3 Å². The van der Waals surface area contributed by atoms with Crippen molar-refractivity contribution >= 4 is 33.3 Å². The molecule has 8 heteroatoms. The minimum Gasteiger partial charge on any atom is -0.411 e. The van der Waals surface area contributed by atoms with Crippen LogP contribution in [0.4, 0.5) is 4.39 Å². The van der Waals surface area contributed by atoms with Gasteiger partial charge in [-0.25, -0.2) is 14.4 Å². The third-order valence-corrected chi connectivity index (χ3v) is 6.45. The van der Waals surface area contributed by atoms with E-state index in [1.807, 2.05) is 0 Å². The van der Waals surface area contributed by atoms with Gasteiger partial charge in [0, 0.05) is 10.3 Å². The molecule has 3 aromatic heterocycles. The molecule has 26 heavy (non-hydrogen) atoms. The number of nitrogens with zero attached hydrogens (tertiary/aromatic N) is 4. The van der Waals surface area contributed by atoms with Gasteiger partial charge < -0.3 is 4.42 Å². The Kier molecular flexibility index (Phi) is 3.94. The topological polar surface area (TPSA) is 64.7 Å². The van der Waals surface area contributed by atoms with E-state index >= 15 is 0 Å². The molecule has 0 saturated carbocycles. The summed E-state index contributed by atoms with van der Waals surface area (Å²) in [6.07, 6.45) is 6.15. The zero-order valence-corrected chi connectivity index (χ0v) is 15.2. The molecule has 0 fully saturated rings. The van der Waals surface area contributed by atoms with E-state index in [0.717, 1.165) is 28.1 Å². The van der Waals surface area contributed by atoms with Crippen molar-refractivity contribution in [1.82, 2.24) is 20.2 Å². The smallest absolute Gasteiger partial charge is 0.283 e. The van der Waals surface area contributed by atoms with Crippen molar-refractivity contribution in [2.24, 2.45) is 0 Å². The van der Waals surface area contributed by atoms with E-state index in [0.29, 0.717) is 10.8 Å². The monoisotopic (exact) mass is 384 g/mol. The van der Waals surface area contributed by atoms with Crippen molar-refractivity contribution in [1.29, 1.82) is 0 Å². The third kappa shape index (κ3) is 2.69. The minimum atomic E-state index is -0.385. The number of fused-ring (bicyclic) bond motifs is 3. The minimum absolute atomic E-state index is 0.170. The summed E-state index contributed by atoms with van der Waals surface area (Å²) in [7, 11) is 0. The van der Waals surface area contributed by atoms with Crippen molar-refractivity contribution in [2.75, 3.05) is 0 Å². The molecule has 0 N–H and O–H groups in total. The molecule has 0 amide bonds. The van der Waals surface area contributed by atoms with Gasteiger partial charge in [0.2, 0.25) is 0 Å². The van der Waals surface area contributed by atoms with E-state index in [2.05, 4.69) is 20.2 Å². The standard InChI is InChI=1S/C18H13FN4OS2/c19-12-7-3-1-5-10(12)15-22-23-18(24-15)26-17-14-11-6-2-4-8-13(11)25-16(14)20-9-21-17/h1,3,5,7,9H,2,4,6,8H2. The molecule has 1 aliphatic rings. The largest absolute Gasteiger partial charge is 0.411 e. The lowest BCUT2D eigenvalue weighted by molar-refractivity contribution is 0.462. The lowest BCUT2D eigenvalue weighted by Crippen LogP contribution is -1.98. The molecule has 1 aliphatic carbocycles. The predicted molar refractivity (Wildman–Crippen MR) is 97.9 cm³/mol. The van der Waals surface area contributed by atoms with Crippen LogP contribution in [0.15, 0.2) is 45.3 Å². The summed E-state index contributed by atoms with van der Waals surface area (Å²) >= 11 is 3.06. The van der Waals surface area contributed by atoms with Crippen molar-refractivity contribution < 1.29 is 8.81 Å². The number of benzene rings is 1. The van der Waals surface area contributed by atoms with E-state index in [9.17, 15) is 4.39 Å². The molecular formula is C18H13FN4OS2. The first-order chi connectivity index (χ1) is 12.8. The maximum Gasteiger partial charge on any atom is 0.283 e. The van der Waals surface area contributed by atoms with Crippen LogP contribution in [-0.4, -0.2) is 20.2 Å². The van der Waals surface area contributed by atoms with Crippen LogP contribution in [0.3, 0.4) is 0 Å². The first-order valence-electron chi connectivity index (χ1n) is 8.31. The van der Waals surface area contributed by atoms with E-state index in [1.54, 1.807) is 35.9 Å². The molecule has 5 nitrogen and oxygen atoms in total. The van der Waals surface area contributed by atoms with Gasteiger partial charge >= 0.3 is 0 Å². The van der Waals surface area contributed by atoms with Gasteiger partial charge in [-0.1, -0.05) is 12.1 Å². The first-order valence-corrected chi connectivity index (χ1v) is 9.94. The fraction of sp³-hybridized carbons (Fsp3) is 0.222. The summed E-state index contributed by atoms with van der Waals surface area (Å²) in [6.45, 7) is 0. The Morgan fingerprint density at radius 2 is 1.96 bits per heavy atom. The molecule has 0 spiro atoms. The quantitative estimate of drug-likeness (QED) is 0.468. The van der Waals surface area contributed by atoms with Crippen LogP contribution in [-0.2, 0) is 12.8 Å². The van der Waals surface area contributed by atoms with Gasteiger partial charge in [0.1, 0.15) is 22.0 Å². The van der Waals surface area contributed by atoms with Crippen LogP contribution in [0, 0.1) is 5.82 Å². The van der Waals surface area contributed by atoms with Crippen LogP contribution in [0.5, 0.6) is 0 Å². The molecule has 0 aliphatic heterocycles. The fourth-order valence-corrected chi connectivity index (χ4v) is 5.30. The third-order valence-electron chi connectivity index (χ3n) is 4.41. The molecule has 130 valence electrons. The number of thiophene rings is 1. The van der Waals surface area contributed by atoms with E-state index in [-0.39, 0.29) is 11.7 Å². The predicted octanol–water partition coefficient (Wildman–Crippen LogP) is 4.91. The molecule has 0 bridgehead atoms. The average Bonchev–Trinajstić information content (AvgIpc) is 3.27. The van der Waals surface area contributed by atoms with Crippen molar-refractivity contribution in [2.45, 2.75) is 35.9 Å². The Bertz CT molecular complexity index is 1110. The highest BCUT2D eigenvalue weighted by Crippen LogP contribution is 2.41. The number of hydrogen-bond donors (Lipinski definition) is 0. The second kappa shape index (κ2) is 6.44. The highest BCUT2D eigenvalue weighted by Gasteiger charge is 2.22. The van der Waals surface area contributed by atoms with Gasteiger partial charge in [0.05, 0.1) is 5.56 Å². The molecule has 0 radical (unpaired) electrons. The Labute approximate surface area is 156 Å². The Morgan fingerprint density at radius 1 is 1.08 bits per heavy atom. The van der Waals surface area contributed by atoms with Crippen molar-refractivity contribution in [3.8, 4) is 11.5 Å². The Balaban J connectivity index is 1.53. The molecule has 0 unspecified atom stereocenters. The Hall–Kier alpha value is -2.32. The highest BCUT2D eigenvalue weighted by atomic mass is 32.2. The Morgan fingerprint density at radius 3 is 2.88 bits per heavy atom. The van der Waals surface area contributed by atoms with Gasteiger partial charge in [0.15, 0.2) is 0 Å². The van der Waals surface area contributed by atoms with E-state index < -0.39 is 0 Å². The number of halogens is 1. The summed E-state index contributed by atoms with van der Waals surface area (Å²) in [5.74, 6) is -0.215. The molecule has 1 aromatic carbocycles. The normalized spacial score (nSPS) is 13.9. The lowest BCUT2D eigenvalue weighted by atomic mass is 9.97. The molecule has 0 saturated heterocycles. The summed E-state index contributed by atoms with van der Waals surface area (Å²) < 4.78 is 19.6. The van der Waals surface area contributed by atoms with E-state index in [4.69, 9.17) is 4.42 Å². The zero-order chi connectivity index (χ0) is 17.5. The SMILES string of the molecule is Fc1ccccc1-c1nnc(Sc2ncnc3sc4c(c23)CCCC4)o1. The second-order valence-corrected chi connectivity index (χ2v) is 8.05. The number of aromatic nitrogens is 4. The molecule has 3 heterocycles. The summed E-state index contributed by atoms with van der Waals surface area (Å²) in [5, 5.41) is 10.3. The van der Waals surface area contributed by atoms with Crippen LogP contribution >= 0.6 is 23.1 Å². The first kappa shape index (κ1) is 15.9. The average molecular weight is 384 g/mol. The summed E-state index contributed by atoms with van der Waals surface area (Å²) in [5.41, 5.74) is 1.65. The lowest BCUT2D eigenvalue weighted by Gasteiger charge is -2.10. The second-order valence-electron chi connectivity index (χ2n) is 6.02. The number of hydrogen-bond acceptors (Lipinski definition) is 7. The maximum atomic E-state index is 13.9. The molecule has 4 aromatic rings. The van der Waals surface area contributed by atoms with Crippen LogP contribution in [0.25, 0.3) is 21.7 Å². The van der Waals surface area contributed by atoms with Crippen LogP contribution < -0.4 is 0 Å². The molecule has 0 atom stereocenters. The van der Waals surface area contributed by atoms with Crippen molar-refractivity contribution in [3.05, 3.63) is 46.9 Å². The van der Waals surface area contributed by atoms with Gasteiger partial charge in [-0.2, -0.15) is 0 Å².